The summed E-state index contributed by atoms with van der Waals surface area (Å²) < 4.78 is 5.15. The standard InChI is InChI=1S/C16H19ClN2O3/c1-4-19-10(3)13(15(20)22-5-2)14(18-16(19)21)11-8-6-7-9-12(11)17/h6-9,14H,4-5H2,1-3H3,(H,18,21)/t14-/m0/s1. The Morgan fingerprint density at radius 3 is 2.64 bits per heavy atom. The number of nitrogens with one attached hydrogen (secondary N) is 1. The predicted octanol–water partition coefficient (Wildman–Crippen LogP) is 3.26. The first-order valence-electron chi connectivity index (χ1n) is 7.21. The monoisotopic (exact) mass is 322 g/mol. The highest BCUT2D eigenvalue weighted by Gasteiger charge is 2.36. The first-order chi connectivity index (χ1) is 10.5. The second kappa shape index (κ2) is 6.83. The van der Waals surface area contributed by atoms with Gasteiger partial charge in [0.05, 0.1) is 18.2 Å². The first-order valence-corrected chi connectivity index (χ1v) is 7.59. The zero-order chi connectivity index (χ0) is 16.3. The molecule has 0 bridgehead atoms. The summed E-state index contributed by atoms with van der Waals surface area (Å²) in [5, 5.41) is 3.33. The van der Waals surface area contributed by atoms with Gasteiger partial charge >= 0.3 is 12.0 Å². The molecule has 0 aromatic heterocycles. The van der Waals surface area contributed by atoms with Crippen LogP contribution in [0.3, 0.4) is 0 Å². The largest absolute Gasteiger partial charge is 0.463 e. The van der Waals surface area contributed by atoms with Crippen LogP contribution in [-0.2, 0) is 9.53 Å². The van der Waals surface area contributed by atoms with Gasteiger partial charge in [0.25, 0.3) is 0 Å². The molecule has 0 unspecified atom stereocenters. The molecule has 0 aliphatic carbocycles. The lowest BCUT2D eigenvalue weighted by atomic mass is 9.95. The van der Waals surface area contributed by atoms with Gasteiger partial charge in [0.2, 0.25) is 0 Å². The van der Waals surface area contributed by atoms with Gasteiger partial charge in [-0.25, -0.2) is 9.59 Å². The van der Waals surface area contributed by atoms with Crippen molar-refractivity contribution in [3.8, 4) is 0 Å². The Labute approximate surface area is 134 Å². The summed E-state index contributed by atoms with van der Waals surface area (Å²) in [5.74, 6) is -0.441. The second-order valence-corrected chi connectivity index (χ2v) is 5.28. The molecular formula is C16H19ClN2O3. The average molecular weight is 323 g/mol. The summed E-state index contributed by atoms with van der Waals surface area (Å²) in [6, 6.07) is 6.28. The van der Waals surface area contributed by atoms with Crippen molar-refractivity contribution >= 4 is 23.6 Å². The van der Waals surface area contributed by atoms with Crippen LogP contribution in [0, 0.1) is 0 Å². The van der Waals surface area contributed by atoms with Crippen LogP contribution in [0.25, 0.3) is 0 Å². The van der Waals surface area contributed by atoms with Gasteiger partial charge in [0.1, 0.15) is 0 Å². The fraction of sp³-hybridized carbons (Fsp3) is 0.375. The summed E-state index contributed by atoms with van der Waals surface area (Å²) in [6.07, 6.45) is 0. The number of rotatable bonds is 4. The zero-order valence-electron chi connectivity index (χ0n) is 12.9. The van der Waals surface area contributed by atoms with Crippen molar-refractivity contribution in [2.75, 3.05) is 13.2 Å². The molecule has 0 spiro atoms. The molecule has 118 valence electrons. The smallest absolute Gasteiger partial charge is 0.338 e. The number of carbonyl (C=O) groups is 2. The predicted molar refractivity (Wildman–Crippen MR) is 84.4 cm³/mol. The van der Waals surface area contributed by atoms with E-state index in [0.717, 1.165) is 0 Å². The van der Waals surface area contributed by atoms with Crippen LogP contribution < -0.4 is 5.32 Å². The molecule has 1 aliphatic heterocycles. The minimum absolute atomic E-state index is 0.252. The highest BCUT2D eigenvalue weighted by Crippen LogP contribution is 2.34. The van der Waals surface area contributed by atoms with Crippen molar-refractivity contribution in [2.45, 2.75) is 26.8 Å². The molecule has 0 saturated carbocycles. The van der Waals surface area contributed by atoms with Crippen molar-refractivity contribution in [3.63, 3.8) is 0 Å². The van der Waals surface area contributed by atoms with Gasteiger partial charge in [-0.15, -0.1) is 0 Å². The summed E-state index contributed by atoms with van der Waals surface area (Å²) in [4.78, 5) is 26.1. The second-order valence-electron chi connectivity index (χ2n) is 4.87. The van der Waals surface area contributed by atoms with E-state index >= 15 is 0 Å². The molecule has 2 amide bonds. The Hall–Kier alpha value is -2.01. The lowest BCUT2D eigenvalue weighted by molar-refractivity contribution is -0.139. The van der Waals surface area contributed by atoms with Gasteiger partial charge in [-0.2, -0.15) is 0 Å². The average Bonchev–Trinajstić information content (AvgIpc) is 2.47. The fourth-order valence-corrected chi connectivity index (χ4v) is 2.82. The SMILES string of the molecule is CCOC(=O)C1=C(C)N(CC)C(=O)N[C@H]1c1ccccc1Cl. The molecule has 0 radical (unpaired) electrons. The molecule has 1 aromatic rings. The summed E-state index contributed by atoms with van der Waals surface area (Å²) in [7, 11) is 0. The number of carbonyl (C=O) groups excluding carboxylic acids is 2. The lowest BCUT2D eigenvalue weighted by Crippen LogP contribution is -2.48. The van der Waals surface area contributed by atoms with Crippen molar-refractivity contribution in [3.05, 3.63) is 46.1 Å². The molecule has 1 aromatic carbocycles. The van der Waals surface area contributed by atoms with Gasteiger partial charge in [-0.1, -0.05) is 29.8 Å². The van der Waals surface area contributed by atoms with Crippen molar-refractivity contribution in [2.24, 2.45) is 0 Å². The first kappa shape index (κ1) is 16.4. The molecule has 1 heterocycles. The van der Waals surface area contributed by atoms with Gasteiger partial charge in [0.15, 0.2) is 0 Å². The molecule has 22 heavy (non-hydrogen) atoms. The van der Waals surface area contributed by atoms with Crippen LogP contribution in [-0.4, -0.2) is 30.1 Å². The quantitative estimate of drug-likeness (QED) is 0.866. The van der Waals surface area contributed by atoms with Crippen LogP contribution in [0.5, 0.6) is 0 Å². The molecule has 1 atom stereocenters. The molecule has 1 N–H and O–H groups in total. The van der Waals surface area contributed by atoms with E-state index in [-0.39, 0.29) is 12.6 Å². The number of ether oxygens (including phenoxy) is 1. The van der Waals surface area contributed by atoms with Crippen LogP contribution in [0.15, 0.2) is 35.5 Å². The maximum absolute atomic E-state index is 12.4. The number of nitrogens with zero attached hydrogens (tertiary/aromatic N) is 1. The molecule has 0 fully saturated rings. The summed E-state index contributed by atoms with van der Waals surface area (Å²) >= 11 is 6.23. The maximum Gasteiger partial charge on any atom is 0.338 e. The minimum Gasteiger partial charge on any atom is -0.463 e. The number of amides is 2. The summed E-state index contributed by atoms with van der Waals surface area (Å²) in [5.41, 5.74) is 1.68. The molecule has 2 rings (SSSR count). The van der Waals surface area contributed by atoms with Crippen molar-refractivity contribution < 1.29 is 14.3 Å². The van der Waals surface area contributed by atoms with E-state index in [2.05, 4.69) is 5.32 Å². The van der Waals surface area contributed by atoms with E-state index in [0.29, 0.717) is 28.4 Å². The van der Waals surface area contributed by atoms with Gasteiger partial charge in [-0.3, -0.25) is 4.90 Å². The number of urea groups is 1. The molecule has 0 saturated heterocycles. The van der Waals surface area contributed by atoms with Crippen molar-refractivity contribution in [1.29, 1.82) is 0 Å². The number of benzene rings is 1. The van der Waals surface area contributed by atoms with E-state index in [9.17, 15) is 9.59 Å². The Kier molecular flexibility index (Phi) is 5.08. The van der Waals surface area contributed by atoms with E-state index in [4.69, 9.17) is 16.3 Å². The molecular weight excluding hydrogens is 304 g/mol. The fourth-order valence-electron chi connectivity index (χ4n) is 2.58. The van der Waals surface area contributed by atoms with E-state index < -0.39 is 12.0 Å². The molecule has 1 aliphatic rings. The van der Waals surface area contributed by atoms with Gasteiger partial charge in [-0.05, 0) is 32.4 Å². The number of hydrogen-bond donors (Lipinski definition) is 1. The van der Waals surface area contributed by atoms with Crippen LogP contribution in [0.4, 0.5) is 4.79 Å². The molecule has 6 heteroatoms. The summed E-state index contributed by atoms with van der Waals surface area (Å²) in [6.45, 7) is 6.08. The zero-order valence-corrected chi connectivity index (χ0v) is 13.6. The number of esters is 1. The highest BCUT2D eigenvalue weighted by atomic mass is 35.5. The number of hydrogen-bond acceptors (Lipinski definition) is 3. The highest BCUT2D eigenvalue weighted by molar-refractivity contribution is 6.31. The lowest BCUT2D eigenvalue weighted by Gasteiger charge is -2.35. The Morgan fingerprint density at radius 2 is 2.05 bits per heavy atom. The number of halogens is 1. The Bertz CT molecular complexity index is 628. The molecule has 5 nitrogen and oxygen atoms in total. The van der Waals surface area contributed by atoms with Crippen LogP contribution >= 0.6 is 11.6 Å². The third-order valence-corrected chi connectivity index (χ3v) is 3.97. The van der Waals surface area contributed by atoms with Gasteiger partial charge in [0, 0.05) is 17.3 Å². The van der Waals surface area contributed by atoms with E-state index in [1.54, 1.807) is 32.0 Å². The van der Waals surface area contributed by atoms with E-state index in [1.165, 1.54) is 4.90 Å². The van der Waals surface area contributed by atoms with Crippen LogP contribution in [0.2, 0.25) is 5.02 Å². The topological polar surface area (TPSA) is 58.6 Å². The van der Waals surface area contributed by atoms with E-state index in [1.807, 2.05) is 13.0 Å². The third-order valence-electron chi connectivity index (χ3n) is 3.62. The Balaban J connectivity index is 2.56. The Morgan fingerprint density at radius 1 is 1.36 bits per heavy atom. The maximum atomic E-state index is 12.4. The van der Waals surface area contributed by atoms with Gasteiger partial charge < -0.3 is 10.1 Å². The minimum atomic E-state index is -0.608. The number of allylic oxidation sites excluding steroid dienone is 1. The third kappa shape index (κ3) is 2.95. The van der Waals surface area contributed by atoms with Crippen LogP contribution in [0.1, 0.15) is 32.4 Å². The van der Waals surface area contributed by atoms with Crippen molar-refractivity contribution in [1.82, 2.24) is 10.2 Å². The normalized spacial score (nSPS) is 18.3.